The molecule has 21 heavy (non-hydrogen) atoms. The van der Waals surface area contributed by atoms with Crippen molar-refractivity contribution in [2.45, 2.75) is 13.8 Å². The monoisotopic (exact) mass is 300 g/mol. The van der Waals surface area contributed by atoms with Gasteiger partial charge in [-0.3, -0.25) is 9.78 Å². The summed E-state index contributed by atoms with van der Waals surface area (Å²) in [4.78, 5) is 15.9. The molecule has 0 unspecified atom stereocenters. The van der Waals surface area contributed by atoms with Crippen LogP contribution in [0.4, 0.5) is 11.4 Å². The predicted molar refractivity (Wildman–Crippen MR) is 87.8 cm³/mol. The first-order valence-electron chi connectivity index (χ1n) is 6.33. The first kappa shape index (κ1) is 14.9. The number of nitrogens with one attached hydrogen (secondary N) is 1. The first-order chi connectivity index (χ1) is 9.88. The normalized spacial score (nSPS) is 10.2. The molecule has 0 saturated heterocycles. The molecule has 1 aromatic heterocycles. The van der Waals surface area contributed by atoms with Crippen LogP contribution in [-0.2, 0) is 0 Å². The van der Waals surface area contributed by atoms with Crippen LogP contribution in [0.25, 0.3) is 0 Å². The second-order valence-corrected chi connectivity index (χ2v) is 5.15. The smallest absolute Gasteiger partial charge is 0.248 e. The van der Waals surface area contributed by atoms with Gasteiger partial charge >= 0.3 is 0 Å². The molecule has 108 valence electrons. The molecule has 1 heterocycles. The Hall–Kier alpha value is -2.47. The van der Waals surface area contributed by atoms with Gasteiger partial charge in [0.2, 0.25) is 5.91 Å². The summed E-state index contributed by atoms with van der Waals surface area (Å²) in [6, 6.07) is 8.78. The zero-order valence-corrected chi connectivity index (χ0v) is 12.6. The van der Waals surface area contributed by atoms with Crippen molar-refractivity contribution in [1.82, 2.24) is 4.98 Å². The number of nitrogens with two attached hydrogens (primary N) is 2. The highest BCUT2D eigenvalue weighted by atomic mass is 32.1. The Bertz CT molecular complexity index is 728. The summed E-state index contributed by atoms with van der Waals surface area (Å²) in [5, 5.41) is 3.22. The van der Waals surface area contributed by atoms with Crippen LogP contribution < -0.4 is 16.8 Å². The maximum absolute atomic E-state index is 11.2. The SMILES string of the molecule is Cc1cc(Nc2cccc(C(N)=O)c2)c(C(N)=S)c(C)n1. The average Bonchev–Trinajstić information content (AvgIpc) is 2.37. The average molecular weight is 300 g/mol. The maximum atomic E-state index is 11.2. The summed E-state index contributed by atoms with van der Waals surface area (Å²) in [6.45, 7) is 3.74. The van der Waals surface area contributed by atoms with Crippen molar-refractivity contribution in [3.63, 3.8) is 0 Å². The third-order valence-electron chi connectivity index (χ3n) is 3.00. The minimum Gasteiger partial charge on any atom is -0.389 e. The second-order valence-electron chi connectivity index (χ2n) is 4.71. The van der Waals surface area contributed by atoms with Crippen LogP contribution in [0.1, 0.15) is 27.3 Å². The van der Waals surface area contributed by atoms with E-state index in [9.17, 15) is 4.79 Å². The van der Waals surface area contributed by atoms with Crippen LogP contribution in [0, 0.1) is 13.8 Å². The van der Waals surface area contributed by atoms with Gasteiger partial charge in [0.15, 0.2) is 0 Å². The molecule has 5 N–H and O–H groups in total. The summed E-state index contributed by atoms with van der Waals surface area (Å²) < 4.78 is 0. The molecule has 0 aliphatic carbocycles. The number of carbonyl (C=O) groups is 1. The van der Waals surface area contributed by atoms with Crippen LogP contribution in [0.2, 0.25) is 0 Å². The van der Waals surface area contributed by atoms with Gasteiger partial charge in [-0.2, -0.15) is 0 Å². The van der Waals surface area contributed by atoms with Crippen LogP contribution >= 0.6 is 12.2 Å². The Morgan fingerprint density at radius 2 is 1.95 bits per heavy atom. The number of pyridine rings is 1. The Labute approximate surface area is 128 Å². The van der Waals surface area contributed by atoms with E-state index in [1.807, 2.05) is 26.0 Å². The highest BCUT2D eigenvalue weighted by molar-refractivity contribution is 7.80. The van der Waals surface area contributed by atoms with Gasteiger partial charge < -0.3 is 16.8 Å². The van der Waals surface area contributed by atoms with E-state index >= 15 is 0 Å². The number of hydrogen-bond donors (Lipinski definition) is 3. The summed E-state index contributed by atoms with van der Waals surface area (Å²) in [5.41, 5.74) is 15.3. The van der Waals surface area contributed by atoms with E-state index in [0.717, 1.165) is 22.8 Å². The number of aromatic nitrogens is 1. The number of carbonyl (C=O) groups excluding carboxylic acids is 1. The number of rotatable bonds is 4. The van der Waals surface area contributed by atoms with Crippen LogP contribution in [0.5, 0.6) is 0 Å². The van der Waals surface area contributed by atoms with Gasteiger partial charge in [0, 0.05) is 22.6 Å². The fourth-order valence-corrected chi connectivity index (χ4v) is 2.40. The van der Waals surface area contributed by atoms with Gasteiger partial charge in [0.05, 0.1) is 11.3 Å². The molecule has 0 saturated carbocycles. The largest absolute Gasteiger partial charge is 0.389 e. The van der Waals surface area contributed by atoms with Crippen molar-refractivity contribution in [2.24, 2.45) is 11.5 Å². The molecule has 2 rings (SSSR count). The topological polar surface area (TPSA) is 94.0 Å². The number of anilines is 2. The standard InChI is InChI=1S/C15H16N4OS/c1-8-6-12(13(15(17)21)9(2)18-8)19-11-5-3-4-10(7-11)14(16)20/h3-7H,1-2H3,(H2,16,20)(H2,17,21)(H,18,19). The molecular weight excluding hydrogens is 284 g/mol. The molecule has 0 bridgehead atoms. The van der Waals surface area contributed by atoms with Crippen molar-refractivity contribution in [3.8, 4) is 0 Å². The Kier molecular flexibility index (Phi) is 4.18. The molecule has 0 atom stereocenters. The minimum absolute atomic E-state index is 0.272. The van der Waals surface area contributed by atoms with Gasteiger partial charge in [-0.25, -0.2) is 0 Å². The molecular formula is C15H16N4OS. The zero-order valence-electron chi connectivity index (χ0n) is 11.8. The molecule has 5 nitrogen and oxygen atoms in total. The Morgan fingerprint density at radius 1 is 1.24 bits per heavy atom. The van der Waals surface area contributed by atoms with Crippen LogP contribution in [0.15, 0.2) is 30.3 Å². The highest BCUT2D eigenvalue weighted by Gasteiger charge is 2.12. The third-order valence-corrected chi connectivity index (χ3v) is 3.21. The van der Waals surface area contributed by atoms with Crippen LogP contribution in [0.3, 0.4) is 0 Å². The number of primary amides is 1. The molecule has 6 heteroatoms. The molecule has 0 spiro atoms. The fraction of sp³-hybridized carbons (Fsp3) is 0.133. The Morgan fingerprint density at radius 3 is 2.57 bits per heavy atom. The van der Waals surface area contributed by atoms with Gasteiger partial charge in [0.25, 0.3) is 0 Å². The summed E-state index contributed by atoms with van der Waals surface area (Å²) in [5.74, 6) is -0.477. The van der Waals surface area contributed by atoms with Gasteiger partial charge in [0.1, 0.15) is 4.99 Å². The molecule has 2 aromatic rings. The van der Waals surface area contributed by atoms with Gasteiger partial charge in [-0.1, -0.05) is 18.3 Å². The molecule has 0 fully saturated rings. The first-order valence-corrected chi connectivity index (χ1v) is 6.74. The van der Waals surface area contributed by atoms with Gasteiger partial charge in [-0.15, -0.1) is 0 Å². The lowest BCUT2D eigenvalue weighted by Crippen LogP contribution is -2.15. The number of hydrogen-bond acceptors (Lipinski definition) is 4. The number of aryl methyl sites for hydroxylation is 2. The van der Waals surface area contributed by atoms with Crippen molar-refractivity contribution in [1.29, 1.82) is 0 Å². The lowest BCUT2D eigenvalue weighted by atomic mass is 10.1. The van der Waals surface area contributed by atoms with Crippen molar-refractivity contribution in [2.75, 3.05) is 5.32 Å². The van der Waals surface area contributed by atoms with E-state index in [4.69, 9.17) is 23.7 Å². The molecule has 0 aliphatic heterocycles. The van der Waals surface area contributed by atoms with E-state index < -0.39 is 5.91 Å². The lowest BCUT2D eigenvalue weighted by molar-refractivity contribution is 0.100. The number of amides is 1. The van der Waals surface area contributed by atoms with Gasteiger partial charge in [-0.05, 0) is 38.1 Å². The summed E-state index contributed by atoms with van der Waals surface area (Å²) in [7, 11) is 0. The van der Waals surface area contributed by atoms with Crippen molar-refractivity contribution < 1.29 is 4.79 Å². The molecule has 0 aliphatic rings. The number of benzene rings is 1. The van der Waals surface area contributed by atoms with Crippen molar-refractivity contribution >= 4 is 34.5 Å². The van der Waals surface area contributed by atoms with E-state index in [0.29, 0.717) is 11.1 Å². The van der Waals surface area contributed by atoms with E-state index in [1.165, 1.54) is 0 Å². The maximum Gasteiger partial charge on any atom is 0.248 e. The Balaban J connectivity index is 2.46. The second kappa shape index (κ2) is 5.88. The number of thiocarbonyl (C=S) groups is 1. The van der Waals surface area contributed by atoms with E-state index in [-0.39, 0.29) is 4.99 Å². The quantitative estimate of drug-likeness (QED) is 0.752. The third kappa shape index (κ3) is 3.35. The zero-order chi connectivity index (χ0) is 15.6. The lowest BCUT2D eigenvalue weighted by Gasteiger charge is -2.14. The van der Waals surface area contributed by atoms with E-state index in [1.54, 1.807) is 18.2 Å². The molecule has 1 aromatic carbocycles. The highest BCUT2D eigenvalue weighted by Crippen LogP contribution is 2.24. The predicted octanol–water partition coefficient (Wildman–Crippen LogP) is 2.18. The fourth-order valence-electron chi connectivity index (χ4n) is 2.14. The van der Waals surface area contributed by atoms with Crippen LogP contribution in [-0.4, -0.2) is 15.9 Å². The minimum atomic E-state index is -0.477. The molecule has 1 amide bonds. The molecule has 0 radical (unpaired) electrons. The summed E-state index contributed by atoms with van der Waals surface area (Å²) in [6.07, 6.45) is 0. The summed E-state index contributed by atoms with van der Waals surface area (Å²) >= 11 is 5.09. The van der Waals surface area contributed by atoms with E-state index in [2.05, 4.69) is 10.3 Å². The van der Waals surface area contributed by atoms with Crippen molar-refractivity contribution in [3.05, 3.63) is 52.8 Å². The number of nitrogens with zero attached hydrogens (tertiary/aromatic N) is 1.